The average Bonchev–Trinajstić information content (AvgIpc) is 3.17. The summed E-state index contributed by atoms with van der Waals surface area (Å²) in [7, 11) is 0. The predicted molar refractivity (Wildman–Crippen MR) is 203 cm³/mol. The summed E-state index contributed by atoms with van der Waals surface area (Å²) < 4.78 is 27.0. The van der Waals surface area contributed by atoms with Crippen molar-refractivity contribution >= 4 is 57.7 Å². The highest BCUT2D eigenvalue weighted by molar-refractivity contribution is 8.14. The number of fused-ring (bicyclic) bond motifs is 1. The predicted octanol–water partition coefficient (Wildman–Crippen LogP) is 8.57. The van der Waals surface area contributed by atoms with Crippen molar-refractivity contribution in [1.82, 2.24) is 0 Å². The van der Waals surface area contributed by atoms with Gasteiger partial charge in [-0.1, -0.05) is 67.8 Å². The van der Waals surface area contributed by atoms with Gasteiger partial charge in [-0.15, -0.1) is 0 Å². The Hall–Kier alpha value is -5.87. The molecule has 0 heterocycles. The van der Waals surface area contributed by atoms with Crippen molar-refractivity contribution in [3.05, 3.63) is 134 Å². The number of thioether (sulfide) groups is 1. The second kappa shape index (κ2) is 21.4. The lowest BCUT2D eigenvalue weighted by molar-refractivity contribution is -0.138. The zero-order chi connectivity index (χ0) is 37.0. The first kappa shape index (κ1) is 38.9. The molecular weight excluding hydrogens is 681 g/mol. The van der Waals surface area contributed by atoms with Crippen LogP contribution in [0.4, 0.5) is 0 Å². The summed E-state index contributed by atoms with van der Waals surface area (Å²) in [6.07, 6.45) is 11.4. The minimum atomic E-state index is -0.537. The summed E-state index contributed by atoms with van der Waals surface area (Å²) in [6, 6.07) is 25.6. The molecule has 0 amide bonds. The van der Waals surface area contributed by atoms with E-state index in [1.54, 1.807) is 24.3 Å². The zero-order valence-corrected chi connectivity index (χ0v) is 29.5. The number of carbonyl (C=O) groups excluding carboxylic acids is 4. The number of esters is 3. The summed E-state index contributed by atoms with van der Waals surface area (Å²) in [5, 5.41) is 1.34. The number of benzene rings is 4. The lowest BCUT2D eigenvalue weighted by atomic mass is 10.1. The molecule has 4 aromatic carbocycles. The monoisotopic (exact) mass is 720 g/mol. The number of hydrogen-bond donors (Lipinski definition) is 0. The lowest BCUT2D eigenvalue weighted by Gasteiger charge is -2.10. The van der Waals surface area contributed by atoms with Gasteiger partial charge in [0.1, 0.15) is 17.2 Å². The maximum absolute atomic E-state index is 12.9. The molecule has 4 aromatic rings. The molecule has 0 saturated heterocycles. The van der Waals surface area contributed by atoms with Crippen LogP contribution in [0.25, 0.3) is 22.9 Å². The summed E-state index contributed by atoms with van der Waals surface area (Å²) >= 11 is 1.09. The molecule has 0 fully saturated rings. The molecule has 0 aliphatic rings. The third kappa shape index (κ3) is 13.4. The maximum atomic E-state index is 12.9. The molecule has 9 nitrogen and oxygen atoms in total. The van der Waals surface area contributed by atoms with Gasteiger partial charge in [0.05, 0.1) is 26.4 Å². The van der Waals surface area contributed by atoms with Crippen LogP contribution in [0.5, 0.6) is 17.2 Å². The molecule has 0 aliphatic carbocycles. The Bertz CT molecular complexity index is 1760. The van der Waals surface area contributed by atoms with Gasteiger partial charge in [-0.05, 0) is 103 Å². The average molecular weight is 721 g/mol. The Kier molecular flexibility index (Phi) is 16.0. The second-order valence-electron chi connectivity index (χ2n) is 11.1. The number of carbonyl (C=O) groups is 4. The number of ether oxygens (including phenoxy) is 5. The zero-order valence-electron chi connectivity index (χ0n) is 28.7. The minimum Gasteiger partial charge on any atom is -0.494 e. The molecule has 10 heteroatoms. The molecule has 52 heavy (non-hydrogen) atoms. The first-order valence-electron chi connectivity index (χ1n) is 16.7. The van der Waals surface area contributed by atoms with E-state index < -0.39 is 17.9 Å². The SMILES string of the molecule is C=CC(=O)OCCCCOc1ccc(/C=C/C(=O)Oc2ccc(SC(=O)/C=C/c3ccc(OCCCCOC(=O)C=C)cc3)c3ccccc23)cc1. The molecule has 0 unspecified atom stereocenters. The van der Waals surface area contributed by atoms with E-state index in [-0.39, 0.29) is 5.12 Å². The summed E-state index contributed by atoms with van der Waals surface area (Å²) in [4.78, 5) is 48.5. The van der Waals surface area contributed by atoms with Crippen LogP contribution in [0.15, 0.2) is 127 Å². The molecular formula is C42H40O9S. The molecule has 4 rings (SSSR count). The third-order valence-corrected chi connectivity index (χ3v) is 8.20. The fourth-order valence-electron chi connectivity index (χ4n) is 4.64. The highest BCUT2D eigenvalue weighted by Gasteiger charge is 2.12. The highest BCUT2D eigenvalue weighted by Crippen LogP contribution is 2.35. The van der Waals surface area contributed by atoms with Gasteiger partial charge in [0.25, 0.3) is 0 Å². The van der Waals surface area contributed by atoms with Crippen LogP contribution in [-0.4, -0.2) is 49.5 Å². The number of unbranched alkanes of at least 4 members (excludes halogenated alkanes) is 2. The largest absolute Gasteiger partial charge is 0.494 e. The molecule has 0 N–H and O–H groups in total. The van der Waals surface area contributed by atoms with Crippen LogP contribution < -0.4 is 14.2 Å². The Labute approximate surface area is 307 Å². The van der Waals surface area contributed by atoms with Crippen LogP contribution in [0.1, 0.15) is 36.8 Å². The molecule has 0 aromatic heterocycles. The summed E-state index contributed by atoms with van der Waals surface area (Å²) in [6.45, 7) is 8.34. The van der Waals surface area contributed by atoms with E-state index in [1.165, 1.54) is 12.2 Å². The van der Waals surface area contributed by atoms with Gasteiger partial charge in [0.2, 0.25) is 5.12 Å². The Balaban J connectivity index is 1.24. The Morgan fingerprint density at radius 1 is 0.558 bits per heavy atom. The van der Waals surface area contributed by atoms with Gasteiger partial charge in [-0.3, -0.25) is 4.79 Å². The maximum Gasteiger partial charge on any atom is 0.336 e. The van der Waals surface area contributed by atoms with Crippen molar-refractivity contribution in [2.75, 3.05) is 26.4 Å². The van der Waals surface area contributed by atoms with Gasteiger partial charge in [-0.25, -0.2) is 14.4 Å². The molecule has 0 saturated carbocycles. The summed E-state index contributed by atoms with van der Waals surface area (Å²) in [5.74, 6) is 0.384. The smallest absolute Gasteiger partial charge is 0.336 e. The Morgan fingerprint density at radius 2 is 1.06 bits per heavy atom. The number of rotatable bonds is 20. The fraction of sp³-hybridized carbons (Fsp3) is 0.190. The summed E-state index contributed by atoms with van der Waals surface area (Å²) in [5.41, 5.74) is 1.64. The van der Waals surface area contributed by atoms with Crippen LogP contribution in [-0.2, 0) is 28.7 Å². The minimum absolute atomic E-state index is 0.154. The van der Waals surface area contributed by atoms with Crippen LogP contribution in [0, 0.1) is 0 Å². The quantitative estimate of drug-likeness (QED) is 0.0289. The first-order chi connectivity index (χ1) is 25.3. The topological polar surface area (TPSA) is 114 Å². The van der Waals surface area contributed by atoms with Crippen LogP contribution in [0.2, 0.25) is 0 Å². The van der Waals surface area contributed by atoms with Crippen molar-refractivity contribution in [3.63, 3.8) is 0 Å². The highest BCUT2D eigenvalue weighted by atomic mass is 32.2. The van der Waals surface area contributed by atoms with Crippen molar-refractivity contribution in [1.29, 1.82) is 0 Å². The van der Waals surface area contributed by atoms with E-state index in [9.17, 15) is 19.2 Å². The van der Waals surface area contributed by atoms with Gasteiger partial charge in [-0.2, -0.15) is 0 Å². The molecule has 0 atom stereocenters. The van der Waals surface area contributed by atoms with Gasteiger partial charge in [0.15, 0.2) is 0 Å². The molecule has 0 bridgehead atoms. The molecule has 268 valence electrons. The normalized spacial score (nSPS) is 10.9. The van der Waals surface area contributed by atoms with E-state index in [0.29, 0.717) is 61.9 Å². The van der Waals surface area contributed by atoms with Crippen LogP contribution in [0.3, 0.4) is 0 Å². The van der Waals surface area contributed by atoms with Crippen molar-refractivity contribution in [3.8, 4) is 17.2 Å². The standard InChI is InChI=1S/C42H40O9S/c1-3-39(43)49-29-9-7-27-47-33-19-13-31(14-20-33)17-25-41(45)51-37-23-24-38(36-12-6-5-11-35(36)37)52-42(46)26-18-32-15-21-34(22-16-32)48-28-8-10-30-50-40(44)4-2/h3-6,11-26H,1-2,7-10,27-30H2/b25-17+,26-18+. The van der Waals surface area contributed by atoms with E-state index in [0.717, 1.165) is 58.2 Å². The molecule has 0 radical (unpaired) electrons. The van der Waals surface area contributed by atoms with Gasteiger partial charge in [0, 0.05) is 28.5 Å². The van der Waals surface area contributed by atoms with E-state index >= 15 is 0 Å². The third-order valence-electron chi connectivity index (χ3n) is 7.29. The first-order valence-corrected chi connectivity index (χ1v) is 17.5. The van der Waals surface area contributed by atoms with Crippen molar-refractivity contribution < 1.29 is 42.9 Å². The van der Waals surface area contributed by atoms with E-state index in [4.69, 9.17) is 23.7 Å². The van der Waals surface area contributed by atoms with E-state index in [1.807, 2.05) is 72.8 Å². The van der Waals surface area contributed by atoms with E-state index in [2.05, 4.69) is 13.2 Å². The van der Waals surface area contributed by atoms with Crippen molar-refractivity contribution in [2.24, 2.45) is 0 Å². The second-order valence-corrected chi connectivity index (χ2v) is 12.2. The van der Waals surface area contributed by atoms with Gasteiger partial charge >= 0.3 is 17.9 Å². The van der Waals surface area contributed by atoms with Crippen molar-refractivity contribution in [2.45, 2.75) is 30.6 Å². The number of hydrogen-bond acceptors (Lipinski definition) is 10. The lowest BCUT2D eigenvalue weighted by Crippen LogP contribution is -2.04. The molecule has 0 spiro atoms. The molecule has 0 aliphatic heterocycles. The fourth-order valence-corrected chi connectivity index (χ4v) is 5.41. The Morgan fingerprint density at radius 3 is 1.60 bits per heavy atom. The van der Waals surface area contributed by atoms with Crippen LogP contribution >= 0.6 is 11.8 Å². The van der Waals surface area contributed by atoms with Gasteiger partial charge < -0.3 is 23.7 Å².